The summed E-state index contributed by atoms with van der Waals surface area (Å²) in [4.78, 5) is 0. The summed E-state index contributed by atoms with van der Waals surface area (Å²) >= 11 is 5.95. The van der Waals surface area contributed by atoms with Crippen molar-refractivity contribution in [2.75, 3.05) is 5.73 Å². The summed E-state index contributed by atoms with van der Waals surface area (Å²) in [5, 5.41) is 0.122. The Morgan fingerprint density at radius 3 is 2.58 bits per heavy atom. The minimum absolute atomic E-state index is 0.122. The van der Waals surface area contributed by atoms with Crippen molar-refractivity contribution < 1.29 is 4.39 Å². The molecule has 5 heteroatoms. The van der Waals surface area contributed by atoms with Crippen LogP contribution in [0.25, 0.3) is 0 Å². The molecular weight excluding hydrogens is 265 g/mol. The highest BCUT2D eigenvalue weighted by molar-refractivity contribution is 6.31. The molecule has 100 valence electrons. The molecule has 2 aromatic rings. The molecule has 0 saturated heterocycles. The number of hydrazine groups is 1. The van der Waals surface area contributed by atoms with Crippen LogP contribution >= 0.6 is 11.6 Å². The molecule has 0 aliphatic heterocycles. The molecule has 0 radical (unpaired) electrons. The molecule has 0 bridgehead atoms. The number of nitrogens with two attached hydrogens (primary N) is 2. The van der Waals surface area contributed by atoms with E-state index in [2.05, 4.69) is 5.43 Å². The second-order valence-electron chi connectivity index (χ2n) is 4.27. The second-order valence-corrected chi connectivity index (χ2v) is 4.64. The number of anilines is 1. The van der Waals surface area contributed by atoms with Crippen LogP contribution in [-0.2, 0) is 6.42 Å². The summed E-state index contributed by atoms with van der Waals surface area (Å²) in [5.74, 6) is 5.13. The first kappa shape index (κ1) is 13.8. The van der Waals surface area contributed by atoms with Crippen molar-refractivity contribution >= 4 is 17.3 Å². The number of halogens is 2. The van der Waals surface area contributed by atoms with Crippen LogP contribution in [0, 0.1) is 5.82 Å². The van der Waals surface area contributed by atoms with Gasteiger partial charge in [0.25, 0.3) is 0 Å². The van der Waals surface area contributed by atoms with Crippen molar-refractivity contribution in [2.45, 2.75) is 12.5 Å². The normalized spacial score (nSPS) is 12.4. The topological polar surface area (TPSA) is 64.1 Å². The number of rotatable bonds is 4. The van der Waals surface area contributed by atoms with Crippen molar-refractivity contribution in [3.63, 3.8) is 0 Å². The molecule has 0 heterocycles. The van der Waals surface area contributed by atoms with E-state index in [0.717, 1.165) is 5.56 Å². The molecule has 0 aliphatic carbocycles. The van der Waals surface area contributed by atoms with Crippen molar-refractivity contribution in [3.05, 3.63) is 64.4 Å². The van der Waals surface area contributed by atoms with Gasteiger partial charge in [0.15, 0.2) is 0 Å². The van der Waals surface area contributed by atoms with Gasteiger partial charge in [-0.1, -0.05) is 41.9 Å². The summed E-state index contributed by atoms with van der Waals surface area (Å²) in [6.45, 7) is 0. The third-order valence-electron chi connectivity index (χ3n) is 3.03. The molecule has 0 fully saturated rings. The van der Waals surface area contributed by atoms with Crippen molar-refractivity contribution in [3.8, 4) is 0 Å². The van der Waals surface area contributed by atoms with E-state index in [1.54, 1.807) is 18.2 Å². The van der Waals surface area contributed by atoms with E-state index >= 15 is 0 Å². The van der Waals surface area contributed by atoms with Crippen LogP contribution in [0.4, 0.5) is 10.1 Å². The van der Waals surface area contributed by atoms with Gasteiger partial charge in [-0.05, 0) is 29.7 Å². The van der Waals surface area contributed by atoms with Crippen LogP contribution in [0.2, 0.25) is 5.02 Å². The largest absolute Gasteiger partial charge is 0.398 e. The molecular formula is C14H15ClFN3. The third-order valence-corrected chi connectivity index (χ3v) is 3.45. The Balaban J connectivity index is 2.30. The minimum Gasteiger partial charge on any atom is -0.398 e. The Labute approximate surface area is 116 Å². The maximum Gasteiger partial charge on any atom is 0.142 e. The third kappa shape index (κ3) is 3.04. The van der Waals surface area contributed by atoms with E-state index in [4.69, 9.17) is 23.2 Å². The Morgan fingerprint density at radius 2 is 1.89 bits per heavy atom. The van der Waals surface area contributed by atoms with Gasteiger partial charge >= 0.3 is 0 Å². The molecule has 1 atom stereocenters. The zero-order valence-corrected chi connectivity index (χ0v) is 11.0. The molecule has 1 unspecified atom stereocenters. The number of benzene rings is 2. The zero-order valence-electron chi connectivity index (χ0n) is 10.2. The molecule has 0 saturated carbocycles. The lowest BCUT2D eigenvalue weighted by molar-refractivity contribution is 0.550. The van der Waals surface area contributed by atoms with Gasteiger partial charge in [0.1, 0.15) is 5.82 Å². The molecule has 0 amide bonds. The van der Waals surface area contributed by atoms with Crippen LogP contribution in [0.5, 0.6) is 0 Å². The van der Waals surface area contributed by atoms with Gasteiger partial charge in [0.2, 0.25) is 0 Å². The van der Waals surface area contributed by atoms with E-state index < -0.39 is 5.82 Å². The monoisotopic (exact) mass is 279 g/mol. The lowest BCUT2D eigenvalue weighted by atomic mass is 9.98. The number of nitrogens with one attached hydrogen (secondary N) is 1. The number of hydrogen-bond donors (Lipinski definition) is 3. The van der Waals surface area contributed by atoms with E-state index in [1.165, 1.54) is 6.07 Å². The summed E-state index contributed by atoms with van der Waals surface area (Å²) < 4.78 is 13.4. The minimum atomic E-state index is -0.434. The van der Waals surface area contributed by atoms with Gasteiger partial charge in [-0.3, -0.25) is 11.3 Å². The molecule has 2 aromatic carbocycles. The van der Waals surface area contributed by atoms with E-state index in [-0.39, 0.29) is 11.1 Å². The van der Waals surface area contributed by atoms with Gasteiger partial charge in [-0.25, -0.2) is 4.39 Å². The van der Waals surface area contributed by atoms with Crippen molar-refractivity contribution in [1.29, 1.82) is 0 Å². The fraction of sp³-hybridized carbons (Fsp3) is 0.143. The first-order valence-electron chi connectivity index (χ1n) is 5.87. The summed E-state index contributed by atoms with van der Waals surface area (Å²) in [6.07, 6.45) is 0.460. The number of nitrogen functional groups attached to an aromatic ring is 1. The quantitative estimate of drug-likeness (QED) is 0.458. The lowest BCUT2D eigenvalue weighted by Gasteiger charge is -2.19. The summed E-state index contributed by atoms with van der Waals surface area (Å²) in [7, 11) is 0. The first-order valence-corrected chi connectivity index (χ1v) is 6.24. The maximum absolute atomic E-state index is 13.4. The van der Waals surface area contributed by atoms with Gasteiger partial charge in [-0.15, -0.1) is 0 Å². The zero-order chi connectivity index (χ0) is 13.8. The molecule has 19 heavy (non-hydrogen) atoms. The van der Waals surface area contributed by atoms with Crippen molar-refractivity contribution in [1.82, 2.24) is 5.43 Å². The molecule has 0 aromatic heterocycles. The van der Waals surface area contributed by atoms with Crippen LogP contribution < -0.4 is 17.0 Å². The smallest absolute Gasteiger partial charge is 0.142 e. The van der Waals surface area contributed by atoms with Gasteiger partial charge in [0.05, 0.1) is 11.1 Å². The van der Waals surface area contributed by atoms with Crippen LogP contribution in [-0.4, -0.2) is 0 Å². The number of hydrogen-bond acceptors (Lipinski definition) is 3. The summed E-state index contributed by atoms with van der Waals surface area (Å²) in [6, 6.07) is 11.9. The Hall–Kier alpha value is -1.62. The van der Waals surface area contributed by atoms with E-state index in [1.807, 2.05) is 18.2 Å². The van der Waals surface area contributed by atoms with E-state index in [0.29, 0.717) is 17.7 Å². The highest BCUT2D eigenvalue weighted by Gasteiger charge is 2.16. The fourth-order valence-corrected chi connectivity index (χ4v) is 2.22. The van der Waals surface area contributed by atoms with Gasteiger partial charge in [0, 0.05) is 5.69 Å². The first-order chi connectivity index (χ1) is 9.13. The average molecular weight is 280 g/mol. The summed E-state index contributed by atoms with van der Waals surface area (Å²) in [5.41, 5.74) is 10.8. The van der Waals surface area contributed by atoms with Crippen molar-refractivity contribution in [2.24, 2.45) is 5.84 Å². The standard InChI is InChI=1S/C14H15ClFN3/c15-14-9(4-3-6-11(14)16)8-13(19-18)10-5-1-2-7-12(10)17/h1-7,13,19H,8,17-18H2. The Morgan fingerprint density at radius 1 is 1.16 bits per heavy atom. The average Bonchev–Trinajstić information content (AvgIpc) is 2.41. The molecule has 5 N–H and O–H groups in total. The van der Waals surface area contributed by atoms with Gasteiger partial charge < -0.3 is 5.73 Å². The predicted octanol–water partition coefficient (Wildman–Crippen LogP) is 2.81. The Bertz CT molecular complexity index is 574. The van der Waals surface area contributed by atoms with Crippen LogP contribution in [0.3, 0.4) is 0 Å². The fourth-order valence-electron chi connectivity index (χ4n) is 2.01. The maximum atomic E-state index is 13.4. The molecule has 0 aliphatic rings. The van der Waals surface area contributed by atoms with Crippen LogP contribution in [0.15, 0.2) is 42.5 Å². The Kier molecular flexibility index (Phi) is 4.37. The van der Waals surface area contributed by atoms with E-state index in [9.17, 15) is 4.39 Å². The van der Waals surface area contributed by atoms with Gasteiger partial charge in [-0.2, -0.15) is 0 Å². The molecule has 0 spiro atoms. The SMILES string of the molecule is NNC(Cc1cccc(F)c1Cl)c1ccccc1N. The van der Waals surface area contributed by atoms with Crippen LogP contribution in [0.1, 0.15) is 17.2 Å². The second kappa shape index (κ2) is 6.02. The number of para-hydroxylation sites is 1. The highest BCUT2D eigenvalue weighted by atomic mass is 35.5. The highest BCUT2D eigenvalue weighted by Crippen LogP contribution is 2.27. The molecule has 2 rings (SSSR count). The lowest BCUT2D eigenvalue weighted by Crippen LogP contribution is -2.30. The predicted molar refractivity (Wildman–Crippen MR) is 76.0 cm³/mol. The molecule has 3 nitrogen and oxygen atoms in total.